The van der Waals surface area contributed by atoms with Crippen molar-refractivity contribution in [3.63, 3.8) is 0 Å². The van der Waals surface area contributed by atoms with Crippen LogP contribution in [0.1, 0.15) is 24.3 Å². The second-order valence-electron chi connectivity index (χ2n) is 3.90. The largest absolute Gasteiger partial charge is 0.504 e. The summed E-state index contributed by atoms with van der Waals surface area (Å²) in [6.45, 7) is 0. The fourth-order valence-corrected chi connectivity index (χ4v) is 1.87. The van der Waals surface area contributed by atoms with Crippen molar-refractivity contribution >= 4 is 6.29 Å². The maximum Gasteiger partial charge on any atom is 0.161 e. The number of methoxy groups -OCH3 is 1. The molecule has 0 saturated heterocycles. The van der Waals surface area contributed by atoms with Crippen molar-refractivity contribution in [3.8, 4) is 11.5 Å². The molecule has 1 aliphatic rings. The molecule has 3 nitrogen and oxygen atoms in total. The third kappa shape index (κ3) is 1.82. The first-order valence-electron chi connectivity index (χ1n) is 5.09. The number of phenolic OH excluding ortho intramolecular Hbond substituents is 1. The summed E-state index contributed by atoms with van der Waals surface area (Å²) < 4.78 is 5.01. The Hall–Kier alpha value is -1.51. The highest BCUT2D eigenvalue weighted by Gasteiger charge is 2.33. The van der Waals surface area contributed by atoms with Crippen LogP contribution < -0.4 is 4.74 Å². The van der Waals surface area contributed by atoms with Gasteiger partial charge in [-0.05, 0) is 24.8 Å². The molecule has 1 aliphatic carbocycles. The Morgan fingerprint density at radius 2 is 2.27 bits per heavy atom. The smallest absolute Gasteiger partial charge is 0.161 e. The molecule has 0 bridgehead atoms. The lowest BCUT2D eigenvalue weighted by Crippen LogP contribution is -2.03. The summed E-state index contributed by atoms with van der Waals surface area (Å²) in [7, 11) is 1.51. The molecule has 3 heteroatoms. The molecule has 2 rings (SSSR count). The van der Waals surface area contributed by atoms with Gasteiger partial charge in [0.25, 0.3) is 0 Å². The van der Waals surface area contributed by atoms with Crippen molar-refractivity contribution in [3.05, 3.63) is 23.8 Å². The molecular weight excluding hydrogens is 192 g/mol. The molecule has 1 N–H and O–H groups in total. The van der Waals surface area contributed by atoms with Crippen LogP contribution in [0.15, 0.2) is 18.2 Å². The molecule has 15 heavy (non-hydrogen) atoms. The highest BCUT2D eigenvalue weighted by Crippen LogP contribution is 2.45. The topological polar surface area (TPSA) is 46.5 Å². The van der Waals surface area contributed by atoms with E-state index in [1.54, 1.807) is 18.2 Å². The van der Waals surface area contributed by atoms with E-state index in [2.05, 4.69) is 0 Å². The molecule has 1 fully saturated rings. The number of hydrogen-bond acceptors (Lipinski definition) is 3. The van der Waals surface area contributed by atoms with E-state index >= 15 is 0 Å². The van der Waals surface area contributed by atoms with E-state index in [4.69, 9.17) is 4.74 Å². The van der Waals surface area contributed by atoms with Gasteiger partial charge < -0.3 is 14.6 Å². The van der Waals surface area contributed by atoms with Crippen molar-refractivity contribution < 1.29 is 14.6 Å². The van der Waals surface area contributed by atoms with E-state index in [9.17, 15) is 9.90 Å². The molecular formula is C12H14O3. The molecule has 0 aliphatic heterocycles. The number of phenols is 1. The molecule has 1 aromatic rings. The van der Waals surface area contributed by atoms with Gasteiger partial charge in [-0.2, -0.15) is 0 Å². The number of carbonyl (C=O) groups excluding carboxylic acids is 1. The Bertz CT molecular complexity index is 369. The maximum absolute atomic E-state index is 11.0. The molecule has 80 valence electrons. The predicted octanol–water partition coefficient (Wildman–Crippen LogP) is 2.09. The number of aldehydes is 1. The predicted molar refractivity (Wildman–Crippen MR) is 56.2 cm³/mol. The average Bonchev–Trinajstić information content (AvgIpc) is 3.06. The van der Waals surface area contributed by atoms with Gasteiger partial charge in [0, 0.05) is 11.5 Å². The molecule has 0 aromatic heterocycles. The van der Waals surface area contributed by atoms with Crippen LogP contribution in [0.4, 0.5) is 0 Å². The molecule has 0 heterocycles. The number of benzene rings is 1. The summed E-state index contributed by atoms with van der Waals surface area (Å²) in [5.41, 5.74) is 0.687. The quantitative estimate of drug-likeness (QED) is 0.767. The van der Waals surface area contributed by atoms with Crippen LogP contribution in [-0.2, 0) is 4.79 Å². The minimum absolute atomic E-state index is 0.101. The number of ether oxygens (including phenoxy) is 1. The first kappa shape index (κ1) is 10.0. The van der Waals surface area contributed by atoms with Gasteiger partial charge in [-0.25, -0.2) is 0 Å². The lowest BCUT2D eigenvalue weighted by molar-refractivity contribution is -0.109. The van der Waals surface area contributed by atoms with Crippen molar-refractivity contribution in [1.29, 1.82) is 0 Å². The SMILES string of the molecule is COc1cccc(C(C=O)C2CC2)c1O. The van der Waals surface area contributed by atoms with Gasteiger partial charge in [0.1, 0.15) is 6.29 Å². The van der Waals surface area contributed by atoms with Crippen LogP contribution in [0.2, 0.25) is 0 Å². The van der Waals surface area contributed by atoms with Crippen molar-refractivity contribution in [2.24, 2.45) is 5.92 Å². The molecule has 1 atom stereocenters. The maximum atomic E-state index is 11.0. The van der Waals surface area contributed by atoms with Crippen LogP contribution in [0, 0.1) is 5.92 Å². The standard InChI is InChI=1S/C12H14O3/c1-15-11-4-2-3-9(12(11)14)10(7-13)8-5-6-8/h2-4,7-8,10,14H,5-6H2,1H3. The van der Waals surface area contributed by atoms with Gasteiger partial charge in [-0.3, -0.25) is 0 Å². The van der Waals surface area contributed by atoms with Crippen LogP contribution in [0.3, 0.4) is 0 Å². The summed E-state index contributed by atoms with van der Waals surface area (Å²) >= 11 is 0. The van der Waals surface area contributed by atoms with Crippen LogP contribution >= 0.6 is 0 Å². The molecule has 0 amide bonds. The summed E-state index contributed by atoms with van der Waals surface area (Å²) in [5, 5.41) is 9.88. The van der Waals surface area contributed by atoms with Crippen molar-refractivity contribution in [2.75, 3.05) is 7.11 Å². The van der Waals surface area contributed by atoms with Gasteiger partial charge in [-0.15, -0.1) is 0 Å². The second kappa shape index (κ2) is 3.93. The number of rotatable bonds is 4. The van der Waals surface area contributed by atoms with Crippen molar-refractivity contribution in [1.82, 2.24) is 0 Å². The van der Waals surface area contributed by atoms with Gasteiger partial charge >= 0.3 is 0 Å². The van der Waals surface area contributed by atoms with E-state index in [0.717, 1.165) is 19.1 Å². The second-order valence-corrected chi connectivity index (χ2v) is 3.90. The van der Waals surface area contributed by atoms with E-state index in [0.29, 0.717) is 17.2 Å². The van der Waals surface area contributed by atoms with Gasteiger partial charge in [0.2, 0.25) is 0 Å². The Labute approximate surface area is 88.7 Å². The number of para-hydroxylation sites is 1. The average molecular weight is 206 g/mol. The monoisotopic (exact) mass is 206 g/mol. The zero-order chi connectivity index (χ0) is 10.8. The molecule has 1 unspecified atom stereocenters. The van der Waals surface area contributed by atoms with Crippen LogP contribution in [-0.4, -0.2) is 18.5 Å². The van der Waals surface area contributed by atoms with E-state index in [1.165, 1.54) is 7.11 Å². The van der Waals surface area contributed by atoms with Gasteiger partial charge in [-0.1, -0.05) is 12.1 Å². The third-order valence-electron chi connectivity index (χ3n) is 2.89. The normalized spacial score (nSPS) is 17.1. The van der Waals surface area contributed by atoms with Gasteiger partial charge in [0.15, 0.2) is 11.5 Å². The first-order chi connectivity index (χ1) is 7.27. The molecule has 0 radical (unpaired) electrons. The summed E-state index contributed by atoms with van der Waals surface area (Å²) in [5.74, 6) is 0.754. The Balaban J connectivity index is 2.37. The summed E-state index contributed by atoms with van der Waals surface area (Å²) in [4.78, 5) is 11.0. The number of hydrogen-bond donors (Lipinski definition) is 1. The molecule has 1 saturated carbocycles. The van der Waals surface area contributed by atoms with Crippen LogP contribution in [0.25, 0.3) is 0 Å². The van der Waals surface area contributed by atoms with E-state index in [-0.39, 0.29) is 11.7 Å². The highest BCUT2D eigenvalue weighted by molar-refractivity contribution is 5.67. The Morgan fingerprint density at radius 3 is 2.80 bits per heavy atom. The summed E-state index contributed by atoms with van der Waals surface area (Å²) in [6.07, 6.45) is 3.06. The van der Waals surface area contributed by atoms with E-state index < -0.39 is 0 Å². The fourth-order valence-electron chi connectivity index (χ4n) is 1.87. The highest BCUT2D eigenvalue weighted by atomic mass is 16.5. The lowest BCUT2D eigenvalue weighted by Gasteiger charge is -2.13. The minimum atomic E-state index is -0.180. The van der Waals surface area contributed by atoms with Crippen molar-refractivity contribution in [2.45, 2.75) is 18.8 Å². The van der Waals surface area contributed by atoms with Gasteiger partial charge in [0.05, 0.1) is 7.11 Å². The Morgan fingerprint density at radius 1 is 1.53 bits per heavy atom. The zero-order valence-corrected chi connectivity index (χ0v) is 8.64. The fraction of sp³-hybridized carbons (Fsp3) is 0.417. The zero-order valence-electron chi connectivity index (χ0n) is 8.64. The first-order valence-corrected chi connectivity index (χ1v) is 5.09. The van der Waals surface area contributed by atoms with Crippen LogP contribution in [0.5, 0.6) is 11.5 Å². The third-order valence-corrected chi connectivity index (χ3v) is 2.89. The number of aromatic hydroxyl groups is 1. The number of carbonyl (C=O) groups is 1. The molecule has 1 aromatic carbocycles. The lowest BCUT2D eigenvalue weighted by atomic mass is 9.94. The summed E-state index contributed by atoms with van der Waals surface area (Å²) in [6, 6.07) is 5.27. The minimum Gasteiger partial charge on any atom is -0.504 e. The van der Waals surface area contributed by atoms with E-state index in [1.807, 2.05) is 0 Å². The Kier molecular flexibility index (Phi) is 2.62. The molecule has 0 spiro atoms.